The van der Waals surface area contributed by atoms with Crippen LogP contribution in [-0.4, -0.2) is 24.9 Å². The Kier molecular flexibility index (Phi) is 3.49. The number of nitrogens with zero attached hydrogens (tertiary/aromatic N) is 4. The predicted molar refractivity (Wildman–Crippen MR) is 91.4 cm³/mol. The van der Waals surface area contributed by atoms with Crippen molar-refractivity contribution in [2.24, 2.45) is 7.05 Å². The van der Waals surface area contributed by atoms with Gasteiger partial charge in [-0.2, -0.15) is 0 Å². The van der Waals surface area contributed by atoms with Crippen molar-refractivity contribution in [2.75, 3.05) is 0 Å². The maximum atomic E-state index is 13.2. The van der Waals surface area contributed by atoms with Crippen LogP contribution >= 0.6 is 0 Å². The quantitative estimate of drug-likeness (QED) is 0.728. The molecule has 1 atom stereocenters. The van der Waals surface area contributed by atoms with Crippen LogP contribution < -0.4 is 0 Å². The van der Waals surface area contributed by atoms with E-state index in [0.29, 0.717) is 12.2 Å². The third-order valence-electron chi connectivity index (χ3n) is 4.79. The van der Waals surface area contributed by atoms with Crippen LogP contribution in [0.2, 0.25) is 0 Å². The standard InChI is InChI=1S/C19H20N4O/c1-14-11-20-18-13-23(19(24)16-9-6-10-21(16)2)17(12-22(14)18)15-7-4-3-5-8-15/h3-11,17H,12-13H2,1-2H3. The van der Waals surface area contributed by atoms with Gasteiger partial charge in [0.15, 0.2) is 0 Å². The lowest BCUT2D eigenvalue weighted by Crippen LogP contribution is -2.42. The van der Waals surface area contributed by atoms with E-state index in [0.717, 1.165) is 23.6 Å². The summed E-state index contributed by atoms with van der Waals surface area (Å²) >= 11 is 0. The number of amides is 1. The van der Waals surface area contributed by atoms with Gasteiger partial charge in [0.25, 0.3) is 5.91 Å². The van der Waals surface area contributed by atoms with Crippen molar-refractivity contribution in [2.45, 2.75) is 26.1 Å². The molecule has 2 aromatic heterocycles. The first-order valence-electron chi connectivity index (χ1n) is 8.13. The van der Waals surface area contributed by atoms with Crippen molar-refractivity contribution in [3.8, 4) is 0 Å². The third kappa shape index (κ3) is 2.33. The van der Waals surface area contributed by atoms with Crippen LogP contribution in [0.25, 0.3) is 0 Å². The van der Waals surface area contributed by atoms with E-state index < -0.39 is 0 Å². The van der Waals surface area contributed by atoms with Crippen molar-refractivity contribution in [1.82, 2.24) is 19.0 Å². The lowest BCUT2D eigenvalue weighted by atomic mass is 10.0. The fourth-order valence-electron chi connectivity index (χ4n) is 3.42. The van der Waals surface area contributed by atoms with Crippen molar-refractivity contribution in [1.29, 1.82) is 0 Å². The fraction of sp³-hybridized carbons (Fsp3) is 0.263. The van der Waals surface area contributed by atoms with E-state index in [-0.39, 0.29) is 11.9 Å². The van der Waals surface area contributed by atoms with Crippen LogP contribution in [0.1, 0.15) is 33.6 Å². The number of fused-ring (bicyclic) bond motifs is 1. The van der Waals surface area contributed by atoms with E-state index in [1.54, 1.807) is 0 Å². The van der Waals surface area contributed by atoms with Gasteiger partial charge in [-0.15, -0.1) is 0 Å². The zero-order valence-corrected chi connectivity index (χ0v) is 13.9. The molecule has 1 aliphatic heterocycles. The van der Waals surface area contributed by atoms with Crippen molar-refractivity contribution in [3.05, 3.63) is 77.6 Å². The molecule has 0 saturated heterocycles. The zero-order chi connectivity index (χ0) is 16.7. The minimum atomic E-state index is 0.00833. The molecule has 0 aliphatic carbocycles. The number of aryl methyl sites for hydroxylation is 2. The lowest BCUT2D eigenvalue weighted by molar-refractivity contribution is 0.0573. The summed E-state index contributed by atoms with van der Waals surface area (Å²) in [6, 6.07) is 14.0. The summed E-state index contributed by atoms with van der Waals surface area (Å²) in [4.78, 5) is 19.6. The Morgan fingerprint density at radius 1 is 1.17 bits per heavy atom. The molecule has 1 unspecified atom stereocenters. The van der Waals surface area contributed by atoms with Gasteiger partial charge in [-0.05, 0) is 24.6 Å². The molecule has 1 amide bonds. The minimum absolute atomic E-state index is 0.00833. The Bertz CT molecular complexity index is 878. The second kappa shape index (κ2) is 5.67. The van der Waals surface area contributed by atoms with E-state index in [1.807, 2.05) is 59.2 Å². The largest absolute Gasteiger partial charge is 0.347 e. The maximum Gasteiger partial charge on any atom is 0.271 e. The summed E-state index contributed by atoms with van der Waals surface area (Å²) in [7, 11) is 1.90. The molecule has 0 bridgehead atoms. The molecule has 4 rings (SSSR count). The van der Waals surface area contributed by atoms with Crippen LogP contribution in [0.5, 0.6) is 0 Å². The normalized spacial score (nSPS) is 16.9. The van der Waals surface area contributed by atoms with Gasteiger partial charge in [0, 0.05) is 31.7 Å². The average molecular weight is 320 g/mol. The van der Waals surface area contributed by atoms with Crippen molar-refractivity contribution < 1.29 is 4.79 Å². The van der Waals surface area contributed by atoms with Crippen molar-refractivity contribution >= 4 is 5.91 Å². The van der Waals surface area contributed by atoms with Crippen LogP contribution in [0, 0.1) is 6.92 Å². The van der Waals surface area contributed by atoms with E-state index in [9.17, 15) is 4.79 Å². The Morgan fingerprint density at radius 3 is 2.67 bits per heavy atom. The summed E-state index contributed by atoms with van der Waals surface area (Å²) < 4.78 is 4.09. The molecule has 0 fully saturated rings. The topological polar surface area (TPSA) is 43.1 Å². The Labute approximate surface area is 141 Å². The molecule has 0 spiro atoms. The highest BCUT2D eigenvalue weighted by Crippen LogP contribution is 2.31. The highest BCUT2D eigenvalue weighted by Gasteiger charge is 2.33. The second-order valence-corrected chi connectivity index (χ2v) is 6.29. The predicted octanol–water partition coefficient (Wildman–Crippen LogP) is 2.93. The molecule has 0 saturated carbocycles. The number of benzene rings is 1. The Balaban J connectivity index is 1.77. The molecule has 0 N–H and O–H groups in total. The molecule has 1 aliphatic rings. The maximum absolute atomic E-state index is 13.2. The number of hydrogen-bond donors (Lipinski definition) is 0. The highest BCUT2D eigenvalue weighted by molar-refractivity contribution is 5.93. The Hall–Kier alpha value is -2.82. The van der Waals surface area contributed by atoms with E-state index in [4.69, 9.17) is 0 Å². The third-order valence-corrected chi connectivity index (χ3v) is 4.79. The van der Waals surface area contributed by atoms with E-state index >= 15 is 0 Å². The number of carbonyl (C=O) groups excluding carboxylic acids is 1. The first-order valence-corrected chi connectivity index (χ1v) is 8.13. The van der Waals surface area contributed by atoms with E-state index in [2.05, 4.69) is 28.6 Å². The summed E-state index contributed by atoms with van der Waals surface area (Å²) in [5.41, 5.74) is 2.99. The number of carbonyl (C=O) groups is 1. The molecule has 5 nitrogen and oxygen atoms in total. The SMILES string of the molecule is Cc1cnc2n1CC(c1ccccc1)N(C(=O)c1cccn1C)C2. The fourth-order valence-corrected chi connectivity index (χ4v) is 3.42. The lowest BCUT2D eigenvalue weighted by Gasteiger charge is -2.37. The van der Waals surface area contributed by atoms with Gasteiger partial charge in [0.1, 0.15) is 11.5 Å². The molecule has 0 radical (unpaired) electrons. The molecule has 5 heteroatoms. The summed E-state index contributed by atoms with van der Waals surface area (Å²) in [5, 5.41) is 0. The number of aromatic nitrogens is 3. The molecule has 24 heavy (non-hydrogen) atoms. The second-order valence-electron chi connectivity index (χ2n) is 6.29. The molecular weight excluding hydrogens is 300 g/mol. The number of hydrogen-bond acceptors (Lipinski definition) is 2. The summed E-state index contributed by atoms with van der Waals surface area (Å²) in [5.74, 6) is 0.991. The molecule has 1 aromatic carbocycles. The first kappa shape index (κ1) is 14.8. The monoisotopic (exact) mass is 320 g/mol. The van der Waals surface area contributed by atoms with Crippen LogP contribution in [0.4, 0.5) is 0 Å². The van der Waals surface area contributed by atoms with Crippen LogP contribution in [0.15, 0.2) is 54.9 Å². The number of rotatable bonds is 2. The highest BCUT2D eigenvalue weighted by atomic mass is 16.2. The smallest absolute Gasteiger partial charge is 0.271 e. The van der Waals surface area contributed by atoms with Gasteiger partial charge in [0.2, 0.25) is 0 Å². The molecule has 3 aromatic rings. The summed E-state index contributed by atoms with van der Waals surface area (Å²) in [6.45, 7) is 3.33. The Morgan fingerprint density at radius 2 is 1.96 bits per heavy atom. The van der Waals surface area contributed by atoms with Gasteiger partial charge in [-0.25, -0.2) is 4.98 Å². The van der Waals surface area contributed by atoms with Gasteiger partial charge >= 0.3 is 0 Å². The molecule has 122 valence electrons. The van der Waals surface area contributed by atoms with Crippen LogP contribution in [0.3, 0.4) is 0 Å². The zero-order valence-electron chi connectivity index (χ0n) is 13.9. The van der Waals surface area contributed by atoms with Gasteiger partial charge in [-0.1, -0.05) is 30.3 Å². The van der Waals surface area contributed by atoms with E-state index in [1.165, 1.54) is 0 Å². The molecule has 3 heterocycles. The first-order chi connectivity index (χ1) is 11.6. The van der Waals surface area contributed by atoms with Crippen molar-refractivity contribution in [3.63, 3.8) is 0 Å². The minimum Gasteiger partial charge on any atom is -0.347 e. The van der Waals surface area contributed by atoms with Gasteiger partial charge < -0.3 is 14.0 Å². The number of imidazole rings is 1. The van der Waals surface area contributed by atoms with Gasteiger partial charge in [-0.3, -0.25) is 4.79 Å². The summed E-state index contributed by atoms with van der Waals surface area (Å²) in [6.07, 6.45) is 3.79. The molecular formula is C19H20N4O. The van der Waals surface area contributed by atoms with Gasteiger partial charge in [0.05, 0.1) is 12.6 Å². The average Bonchev–Trinajstić information content (AvgIpc) is 3.20. The van der Waals surface area contributed by atoms with Crippen LogP contribution in [-0.2, 0) is 20.1 Å².